The number of carbonyl (C=O) groups is 1. The van der Waals surface area contributed by atoms with Crippen LogP contribution >= 0.6 is 11.6 Å². The molecule has 5 heteroatoms. The summed E-state index contributed by atoms with van der Waals surface area (Å²) in [4.78, 5) is 18.2. The van der Waals surface area contributed by atoms with Crippen molar-refractivity contribution in [1.29, 1.82) is 0 Å². The smallest absolute Gasteiger partial charge is 0.253 e. The highest BCUT2D eigenvalue weighted by molar-refractivity contribution is 6.29. The van der Waals surface area contributed by atoms with Gasteiger partial charge in [0.2, 0.25) is 0 Å². The second-order valence-corrected chi connectivity index (χ2v) is 5.45. The summed E-state index contributed by atoms with van der Waals surface area (Å²) in [5.74, 6) is 0.528. The van der Waals surface area contributed by atoms with Crippen LogP contribution < -0.4 is 0 Å². The van der Waals surface area contributed by atoms with Crippen LogP contribution in [0.3, 0.4) is 0 Å². The summed E-state index contributed by atoms with van der Waals surface area (Å²) in [5.41, 5.74) is 1.36. The molecule has 1 fully saturated rings. The number of carbonyl (C=O) groups excluding carboxylic acids is 1. The van der Waals surface area contributed by atoms with E-state index in [1.807, 2.05) is 14.0 Å². The molecule has 0 radical (unpaired) electrons. The number of rotatable bonds is 3. The zero-order valence-corrected chi connectivity index (χ0v) is 12.1. The van der Waals surface area contributed by atoms with Gasteiger partial charge in [-0.25, -0.2) is 4.98 Å². The van der Waals surface area contributed by atoms with Crippen LogP contribution in [-0.2, 0) is 4.74 Å². The number of hydrogen-bond donors (Lipinski definition) is 0. The molecule has 0 N–H and O–H groups in total. The van der Waals surface area contributed by atoms with Gasteiger partial charge in [-0.05, 0) is 37.8 Å². The summed E-state index contributed by atoms with van der Waals surface area (Å²) in [6.45, 7) is 4.20. The second-order valence-electron chi connectivity index (χ2n) is 5.06. The average molecular weight is 283 g/mol. The highest BCUT2D eigenvalue weighted by atomic mass is 35.5. The van der Waals surface area contributed by atoms with E-state index in [4.69, 9.17) is 16.3 Å². The highest BCUT2D eigenvalue weighted by Crippen LogP contribution is 2.17. The number of ether oxygens (including phenoxy) is 1. The largest absolute Gasteiger partial charge is 0.381 e. The molecule has 19 heavy (non-hydrogen) atoms. The molecule has 1 saturated heterocycles. The molecule has 0 aromatic carbocycles. The molecule has 4 nitrogen and oxygen atoms in total. The molecule has 1 aliphatic heterocycles. The summed E-state index contributed by atoms with van der Waals surface area (Å²) in [6, 6.07) is 3.39. The topological polar surface area (TPSA) is 42.4 Å². The van der Waals surface area contributed by atoms with Crippen molar-refractivity contribution < 1.29 is 9.53 Å². The third-order valence-corrected chi connectivity index (χ3v) is 3.58. The van der Waals surface area contributed by atoms with E-state index in [2.05, 4.69) is 4.98 Å². The first-order chi connectivity index (χ1) is 9.06. The first kappa shape index (κ1) is 14.3. The van der Waals surface area contributed by atoms with Crippen LogP contribution in [0.15, 0.2) is 12.1 Å². The Kier molecular flexibility index (Phi) is 4.77. The lowest BCUT2D eigenvalue weighted by molar-refractivity contribution is 0.0497. The Morgan fingerprint density at radius 1 is 1.47 bits per heavy atom. The zero-order valence-electron chi connectivity index (χ0n) is 11.4. The number of amides is 1. The van der Waals surface area contributed by atoms with Gasteiger partial charge in [-0.1, -0.05) is 11.6 Å². The maximum absolute atomic E-state index is 12.3. The van der Waals surface area contributed by atoms with E-state index in [1.165, 1.54) is 0 Å². The standard InChI is InChI=1S/C14H19ClN2O2/c1-10-7-12(8-13(15)16-10)14(18)17(2)9-11-3-5-19-6-4-11/h7-8,11H,3-6,9H2,1-2H3. The quantitative estimate of drug-likeness (QED) is 0.800. The fourth-order valence-corrected chi connectivity index (χ4v) is 2.62. The lowest BCUT2D eigenvalue weighted by atomic mass is 9.99. The van der Waals surface area contributed by atoms with Crippen LogP contribution in [-0.4, -0.2) is 42.6 Å². The Hall–Kier alpha value is -1.13. The molecule has 0 spiro atoms. The fraction of sp³-hybridized carbons (Fsp3) is 0.571. The van der Waals surface area contributed by atoms with Crippen LogP contribution in [0.4, 0.5) is 0 Å². The minimum atomic E-state index is -0.00103. The monoisotopic (exact) mass is 282 g/mol. The molecular weight excluding hydrogens is 264 g/mol. The summed E-state index contributed by atoms with van der Waals surface area (Å²) in [6.07, 6.45) is 2.04. The van der Waals surface area contributed by atoms with Crippen LogP contribution in [0.25, 0.3) is 0 Å². The third-order valence-electron chi connectivity index (χ3n) is 3.39. The van der Waals surface area contributed by atoms with E-state index in [0.717, 1.165) is 38.3 Å². The van der Waals surface area contributed by atoms with Crippen molar-refractivity contribution in [3.63, 3.8) is 0 Å². The number of aryl methyl sites for hydroxylation is 1. The first-order valence-corrected chi connectivity index (χ1v) is 6.91. The summed E-state index contributed by atoms with van der Waals surface area (Å²) >= 11 is 5.89. The van der Waals surface area contributed by atoms with Crippen LogP contribution in [0.5, 0.6) is 0 Å². The van der Waals surface area contributed by atoms with Gasteiger partial charge < -0.3 is 9.64 Å². The van der Waals surface area contributed by atoms with Crippen LogP contribution in [0.2, 0.25) is 5.15 Å². The zero-order chi connectivity index (χ0) is 13.8. The Labute approximate surface area is 118 Å². The first-order valence-electron chi connectivity index (χ1n) is 6.53. The molecule has 2 rings (SSSR count). The minimum Gasteiger partial charge on any atom is -0.381 e. The molecule has 2 heterocycles. The predicted molar refractivity (Wildman–Crippen MR) is 74.5 cm³/mol. The molecule has 0 atom stereocenters. The number of hydrogen-bond acceptors (Lipinski definition) is 3. The van der Waals surface area contributed by atoms with E-state index in [0.29, 0.717) is 16.6 Å². The molecule has 1 aromatic rings. The highest BCUT2D eigenvalue weighted by Gasteiger charge is 2.20. The Balaban J connectivity index is 2.01. The predicted octanol–water partition coefficient (Wildman–Crippen LogP) is 2.54. The van der Waals surface area contributed by atoms with E-state index >= 15 is 0 Å². The van der Waals surface area contributed by atoms with E-state index in [-0.39, 0.29) is 5.91 Å². The maximum atomic E-state index is 12.3. The van der Waals surface area contributed by atoms with Gasteiger partial charge in [0.15, 0.2) is 0 Å². The molecular formula is C14H19ClN2O2. The van der Waals surface area contributed by atoms with Crippen LogP contribution in [0, 0.1) is 12.8 Å². The van der Waals surface area contributed by atoms with Gasteiger partial charge in [0, 0.05) is 38.1 Å². The van der Waals surface area contributed by atoms with Gasteiger partial charge in [0.05, 0.1) is 0 Å². The van der Waals surface area contributed by atoms with Gasteiger partial charge in [0.25, 0.3) is 5.91 Å². The van der Waals surface area contributed by atoms with Crippen LogP contribution in [0.1, 0.15) is 28.9 Å². The van der Waals surface area contributed by atoms with Gasteiger partial charge >= 0.3 is 0 Å². The Bertz CT molecular complexity index is 439. The van der Waals surface area contributed by atoms with Crippen molar-refractivity contribution >= 4 is 17.5 Å². The Morgan fingerprint density at radius 3 is 2.79 bits per heavy atom. The number of pyridine rings is 1. The van der Waals surface area contributed by atoms with Gasteiger partial charge in [-0.15, -0.1) is 0 Å². The number of nitrogens with zero attached hydrogens (tertiary/aromatic N) is 2. The van der Waals surface area contributed by atoms with Gasteiger partial charge in [-0.2, -0.15) is 0 Å². The second kappa shape index (κ2) is 6.35. The minimum absolute atomic E-state index is 0.00103. The molecule has 1 amide bonds. The molecule has 0 unspecified atom stereocenters. The van der Waals surface area contributed by atoms with E-state index in [1.54, 1.807) is 17.0 Å². The normalized spacial score (nSPS) is 16.4. The average Bonchev–Trinajstić information content (AvgIpc) is 2.37. The van der Waals surface area contributed by atoms with Crippen molar-refractivity contribution in [1.82, 2.24) is 9.88 Å². The van der Waals surface area contributed by atoms with E-state index < -0.39 is 0 Å². The number of halogens is 1. The van der Waals surface area contributed by atoms with Gasteiger partial charge in [0.1, 0.15) is 5.15 Å². The molecule has 0 aliphatic carbocycles. The summed E-state index contributed by atoms with van der Waals surface area (Å²) in [7, 11) is 1.83. The van der Waals surface area contributed by atoms with Crippen molar-refractivity contribution in [3.8, 4) is 0 Å². The van der Waals surface area contributed by atoms with Crippen molar-refractivity contribution in [2.24, 2.45) is 5.92 Å². The number of aromatic nitrogens is 1. The van der Waals surface area contributed by atoms with Crippen molar-refractivity contribution in [2.45, 2.75) is 19.8 Å². The Morgan fingerprint density at radius 2 is 2.16 bits per heavy atom. The summed E-state index contributed by atoms with van der Waals surface area (Å²) < 4.78 is 5.33. The molecule has 1 aliphatic rings. The fourth-order valence-electron chi connectivity index (χ4n) is 2.37. The maximum Gasteiger partial charge on any atom is 0.253 e. The molecule has 0 saturated carbocycles. The van der Waals surface area contributed by atoms with Crippen molar-refractivity contribution in [2.75, 3.05) is 26.8 Å². The summed E-state index contributed by atoms with van der Waals surface area (Å²) in [5, 5.41) is 0.364. The van der Waals surface area contributed by atoms with E-state index in [9.17, 15) is 4.79 Å². The molecule has 104 valence electrons. The van der Waals surface area contributed by atoms with Crippen molar-refractivity contribution in [3.05, 3.63) is 28.5 Å². The van der Waals surface area contributed by atoms with Gasteiger partial charge in [-0.3, -0.25) is 4.79 Å². The lowest BCUT2D eigenvalue weighted by Gasteiger charge is -2.27. The molecule has 0 bridgehead atoms. The lowest BCUT2D eigenvalue weighted by Crippen LogP contribution is -2.34. The third kappa shape index (κ3) is 3.91. The SMILES string of the molecule is Cc1cc(C(=O)N(C)CC2CCOCC2)cc(Cl)n1. The molecule has 1 aromatic heterocycles.